The third-order valence-electron chi connectivity index (χ3n) is 4.80. The van der Waals surface area contributed by atoms with Crippen LogP contribution in [0.2, 0.25) is 0 Å². The zero-order chi connectivity index (χ0) is 17.8. The van der Waals surface area contributed by atoms with Crippen molar-refractivity contribution in [3.05, 3.63) is 84.2 Å². The third-order valence-corrected chi connectivity index (χ3v) is 4.80. The lowest BCUT2D eigenvalue weighted by atomic mass is 9.99. The van der Waals surface area contributed by atoms with E-state index in [1.54, 1.807) is 6.20 Å². The number of benzene rings is 2. The van der Waals surface area contributed by atoms with Crippen LogP contribution in [0.3, 0.4) is 0 Å². The molecule has 1 saturated heterocycles. The van der Waals surface area contributed by atoms with Crippen LogP contribution < -0.4 is 5.32 Å². The van der Waals surface area contributed by atoms with Crippen molar-refractivity contribution in [1.29, 1.82) is 0 Å². The summed E-state index contributed by atoms with van der Waals surface area (Å²) in [7, 11) is 0. The average molecular weight is 347 g/mol. The number of carbonyl (C=O) groups is 1. The molecule has 26 heavy (non-hydrogen) atoms. The molecule has 2 heterocycles. The summed E-state index contributed by atoms with van der Waals surface area (Å²) < 4.78 is 1.83. The van der Waals surface area contributed by atoms with Crippen LogP contribution in [0.4, 0.5) is 4.79 Å². The highest BCUT2D eigenvalue weighted by Gasteiger charge is 2.29. The fourth-order valence-electron chi connectivity index (χ4n) is 3.42. The molecule has 0 spiro atoms. The fourth-order valence-corrected chi connectivity index (χ4v) is 3.42. The zero-order valence-corrected chi connectivity index (χ0v) is 14.4. The first-order valence-corrected chi connectivity index (χ1v) is 8.82. The largest absolute Gasteiger partial charge is 0.327 e. The third kappa shape index (κ3) is 3.44. The Balaban J connectivity index is 1.50. The van der Waals surface area contributed by atoms with Crippen molar-refractivity contribution >= 4 is 6.03 Å². The second-order valence-corrected chi connectivity index (χ2v) is 6.48. The van der Waals surface area contributed by atoms with Gasteiger partial charge < -0.3 is 10.2 Å². The Morgan fingerprint density at radius 2 is 1.69 bits per heavy atom. The Labute approximate surface area is 152 Å². The van der Waals surface area contributed by atoms with Crippen molar-refractivity contribution in [3.63, 3.8) is 0 Å². The predicted octanol–water partition coefficient (Wildman–Crippen LogP) is 3.02. The van der Waals surface area contributed by atoms with Crippen LogP contribution in [0.1, 0.15) is 29.6 Å². The highest BCUT2D eigenvalue weighted by molar-refractivity contribution is 5.75. The molecule has 6 heteroatoms. The van der Waals surface area contributed by atoms with E-state index in [1.807, 2.05) is 76.4 Å². The van der Waals surface area contributed by atoms with Gasteiger partial charge in [-0.2, -0.15) is 0 Å². The number of rotatable bonds is 4. The number of urea groups is 1. The molecular formula is C20H21N5O. The number of nitrogens with one attached hydrogen (secondary N) is 1. The minimum Gasteiger partial charge on any atom is -0.327 e. The quantitative estimate of drug-likeness (QED) is 0.789. The summed E-state index contributed by atoms with van der Waals surface area (Å²) in [5.41, 5.74) is 2.14. The van der Waals surface area contributed by atoms with E-state index in [-0.39, 0.29) is 18.1 Å². The molecule has 3 aromatic rings. The first kappa shape index (κ1) is 16.3. The smallest absolute Gasteiger partial charge is 0.318 e. The van der Waals surface area contributed by atoms with Gasteiger partial charge in [-0.15, -0.1) is 5.10 Å². The van der Waals surface area contributed by atoms with Crippen LogP contribution >= 0.6 is 0 Å². The minimum absolute atomic E-state index is 0.0506. The molecule has 1 fully saturated rings. The second kappa shape index (κ2) is 7.39. The van der Waals surface area contributed by atoms with E-state index in [0.29, 0.717) is 13.1 Å². The maximum atomic E-state index is 12.9. The van der Waals surface area contributed by atoms with Gasteiger partial charge in [0, 0.05) is 19.3 Å². The number of nitrogens with zero attached hydrogens (tertiary/aromatic N) is 4. The van der Waals surface area contributed by atoms with Gasteiger partial charge >= 0.3 is 6.03 Å². The van der Waals surface area contributed by atoms with Gasteiger partial charge in [0.1, 0.15) is 0 Å². The van der Waals surface area contributed by atoms with Crippen molar-refractivity contribution in [2.45, 2.75) is 18.5 Å². The Kier molecular flexibility index (Phi) is 4.64. The van der Waals surface area contributed by atoms with Gasteiger partial charge in [-0.05, 0) is 17.5 Å². The molecule has 0 bridgehead atoms. The monoisotopic (exact) mass is 347 g/mol. The van der Waals surface area contributed by atoms with Crippen LogP contribution in [0, 0.1) is 0 Å². The van der Waals surface area contributed by atoms with Crippen LogP contribution in [-0.2, 0) is 0 Å². The van der Waals surface area contributed by atoms with E-state index >= 15 is 0 Å². The van der Waals surface area contributed by atoms with Crippen LogP contribution in [0.15, 0.2) is 73.1 Å². The lowest BCUT2D eigenvalue weighted by molar-refractivity contribution is 0.204. The predicted molar refractivity (Wildman–Crippen MR) is 98.5 cm³/mol. The number of likely N-dealkylation sites (tertiary alicyclic amines) is 1. The Morgan fingerprint density at radius 1 is 1.04 bits per heavy atom. The van der Waals surface area contributed by atoms with Crippen molar-refractivity contribution in [2.75, 3.05) is 13.1 Å². The molecule has 4 rings (SSSR count). The maximum Gasteiger partial charge on any atom is 0.318 e. The molecule has 0 radical (unpaired) electrons. The molecule has 2 amide bonds. The number of carbonyl (C=O) groups excluding carboxylic acids is 1. The molecule has 6 nitrogen and oxygen atoms in total. The summed E-state index contributed by atoms with van der Waals surface area (Å²) in [6, 6.07) is 20.1. The van der Waals surface area contributed by atoms with E-state index in [0.717, 1.165) is 17.5 Å². The lowest BCUT2D eigenvalue weighted by Gasteiger charge is -2.24. The van der Waals surface area contributed by atoms with Gasteiger partial charge in [0.25, 0.3) is 0 Å². The van der Waals surface area contributed by atoms with Crippen molar-refractivity contribution in [1.82, 2.24) is 25.2 Å². The summed E-state index contributed by atoms with van der Waals surface area (Å²) >= 11 is 0. The van der Waals surface area contributed by atoms with Crippen LogP contribution in [0.25, 0.3) is 0 Å². The molecule has 1 aromatic heterocycles. The fraction of sp³-hybridized carbons (Fsp3) is 0.250. The highest BCUT2D eigenvalue weighted by atomic mass is 16.2. The Bertz CT molecular complexity index is 796. The molecule has 0 unspecified atom stereocenters. The van der Waals surface area contributed by atoms with E-state index in [1.165, 1.54) is 0 Å². The summed E-state index contributed by atoms with van der Waals surface area (Å²) in [5.74, 6) is 0. The molecular weight excluding hydrogens is 326 g/mol. The number of hydrogen-bond donors (Lipinski definition) is 1. The number of amides is 2. The summed E-state index contributed by atoms with van der Waals surface area (Å²) in [4.78, 5) is 14.7. The molecule has 0 saturated carbocycles. The van der Waals surface area contributed by atoms with Gasteiger partial charge in [-0.25, -0.2) is 9.48 Å². The Hall–Kier alpha value is -3.15. The van der Waals surface area contributed by atoms with Crippen LogP contribution in [0.5, 0.6) is 0 Å². The summed E-state index contributed by atoms with van der Waals surface area (Å²) in [5, 5.41) is 11.1. The van der Waals surface area contributed by atoms with Gasteiger partial charge in [-0.3, -0.25) is 0 Å². The van der Waals surface area contributed by atoms with Gasteiger partial charge in [0.15, 0.2) is 0 Å². The SMILES string of the molecule is O=C(NC(c1ccccc1)c1ccccc1)N1CC[C@@H](n2ccnn2)C1. The second-order valence-electron chi connectivity index (χ2n) is 6.48. The summed E-state index contributed by atoms with van der Waals surface area (Å²) in [6.07, 6.45) is 4.41. The molecule has 0 aliphatic carbocycles. The number of aromatic nitrogens is 3. The van der Waals surface area contributed by atoms with Crippen molar-refractivity contribution in [3.8, 4) is 0 Å². The first-order chi connectivity index (χ1) is 12.8. The maximum absolute atomic E-state index is 12.9. The average Bonchev–Trinajstić information content (AvgIpc) is 3.39. The normalized spacial score (nSPS) is 16.8. The molecule has 1 aliphatic heterocycles. The highest BCUT2D eigenvalue weighted by Crippen LogP contribution is 2.24. The topological polar surface area (TPSA) is 63.1 Å². The summed E-state index contributed by atoms with van der Waals surface area (Å²) in [6.45, 7) is 1.36. The molecule has 132 valence electrons. The molecule has 1 aliphatic rings. The molecule has 1 N–H and O–H groups in total. The van der Waals surface area contributed by atoms with Gasteiger partial charge in [-0.1, -0.05) is 65.9 Å². The van der Waals surface area contributed by atoms with E-state index in [2.05, 4.69) is 15.6 Å². The minimum atomic E-state index is -0.171. The molecule has 2 aromatic carbocycles. The Morgan fingerprint density at radius 3 is 2.27 bits per heavy atom. The van der Waals surface area contributed by atoms with E-state index < -0.39 is 0 Å². The first-order valence-electron chi connectivity index (χ1n) is 8.82. The lowest BCUT2D eigenvalue weighted by Crippen LogP contribution is -2.40. The van der Waals surface area contributed by atoms with Gasteiger partial charge in [0.05, 0.1) is 18.3 Å². The van der Waals surface area contributed by atoms with Crippen LogP contribution in [-0.4, -0.2) is 39.0 Å². The van der Waals surface area contributed by atoms with E-state index in [9.17, 15) is 4.79 Å². The van der Waals surface area contributed by atoms with Crippen molar-refractivity contribution < 1.29 is 4.79 Å². The molecule has 1 atom stereocenters. The number of hydrogen-bond acceptors (Lipinski definition) is 3. The zero-order valence-electron chi connectivity index (χ0n) is 14.4. The van der Waals surface area contributed by atoms with E-state index in [4.69, 9.17) is 0 Å². The standard InChI is InChI=1S/C20H21N5O/c26-20(24-13-11-18(15-24)25-14-12-21-23-25)22-19(16-7-3-1-4-8-16)17-9-5-2-6-10-17/h1-10,12,14,18-19H,11,13,15H2,(H,22,26)/t18-/m1/s1. The van der Waals surface area contributed by atoms with Crippen molar-refractivity contribution in [2.24, 2.45) is 0 Å². The van der Waals surface area contributed by atoms with Gasteiger partial charge in [0.2, 0.25) is 0 Å².